The van der Waals surface area contributed by atoms with Crippen molar-refractivity contribution in [3.8, 4) is 0 Å². The van der Waals surface area contributed by atoms with Crippen molar-refractivity contribution in [2.75, 3.05) is 12.4 Å². The maximum absolute atomic E-state index is 5.41. The number of thiophene rings is 1. The molecule has 19 heavy (non-hydrogen) atoms. The summed E-state index contributed by atoms with van der Waals surface area (Å²) in [5, 5.41) is 3.98. The van der Waals surface area contributed by atoms with Crippen molar-refractivity contribution in [3.63, 3.8) is 0 Å². The highest BCUT2D eigenvalue weighted by Gasteiger charge is 2.07. The Kier molecular flexibility index (Phi) is 4.96. The smallest absolute Gasteiger partial charge is 0.173 e. The van der Waals surface area contributed by atoms with Crippen LogP contribution in [0.15, 0.2) is 40.2 Å². The monoisotopic (exact) mass is 354 g/mol. The highest BCUT2D eigenvalue weighted by Crippen LogP contribution is 2.23. The Hall–Kier alpha value is -0.910. The third-order valence-electron chi connectivity index (χ3n) is 2.67. The molecule has 0 saturated carbocycles. The SMILES string of the molecule is Cc1ccc(NC(=S)N(C)Cc2ccc(Br)s2)cc1. The van der Waals surface area contributed by atoms with Crippen molar-refractivity contribution < 1.29 is 0 Å². The van der Waals surface area contributed by atoms with Gasteiger partial charge in [-0.05, 0) is 59.3 Å². The molecule has 1 N–H and O–H groups in total. The summed E-state index contributed by atoms with van der Waals surface area (Å²) in [6, 6.07) is 12.4. The van der Waals surface area contributed by atoms with Gasteiger partial charge >= 0.3 is 0 Å². The molecular weight excluding hydrogens is 340 g/mol. The number of hydrogen-bond acceptors (Lipinski definition) is 2. The first-order chi connectivity index (χ1) is 9.04. The fourth-order valence-electron chi connectivity index (χ4n) is 1.60. The van der Waals surface area contributed by atoms with E-state index in [2.05, 4.69) is 52.4 Å². The molecule has 100 valence electrons. The predicted octanol–water partition coefficient (Wildman–Crippen LogP) is 4.65. The van der Waals surface area contributed by atoms with E-state index < -0.39 is 0 Å². The lowest BCUT2D eigenvalue weighted by Crippen LogP contribution is -2.30. The third kappa shape index (κ3) is 4.30. The standard InChI is InChI=1S/C14H15BrN2S2/c1-10-3-5-11(6-4-10)16-14(18)17(2)9-12-7-8-13(15)19-12/h3-8H,9H2,1-2H3,(H,16,18). The number of anilines is 1. The predicted molar refractivity (Wildman–Crippen MR) is 90.9 cm³/mol. The Balaban J connectivity index is 1.94. The summed E-state index contributed by atoms with van der Waals surface area (Å²) in [6.07, 6.45) is 0. The van der Waals surface area contributed by atoms with E-state index in [1.165, 1.54) is 10.4 Å². The lowest BCUT2D eigenvalue weighted by Gasteiger charge is -2.20. The molecule has 0 atom stereocenters. The molecule has 0 unspecified atom stereocenters. The summed E-state index contributed by atoms with van der Waals surface area (Å²) >= 11 is 10.6. The molecule has 0 aliphatic carbocycles. The van der Waals surface area contributed by atoms with Gasteiger partial charge in [0.25, 0.3) is 0 Å². The molecule has 0 aliphatic heterocycles. The fraction of sp³-hybridized carbons (Fsp3) is 0.214. The van der Waals surface area contributed by atoms with Crippen molar-refractivity contribution in [1.82, 2.24) is 4.90 Å². The van der Waals surface area contributed by atoms with Crippen molar-refractivity contribution in [1.29, 1.82) is 0 Å². The van der Waals surface area contributed by atoms with Crippen LogP contribution in [0.5, 0.6) is 0 Å². The normalized spacial score (nSPS) is 10.3. The van der Waals surface area contributed by atoms with E-state index in [0.717, 1.165) is 21.1 Å². The van der Waals surface area contributed by atoms with Crippen LogP contribution < -0.4 is 5.32 Å². The zero-order chi connectivity index (χ0) is 13.8. The molecule has 0 fully saturated rings. The van der Waals surface area contributed by atoms with Crippen LogP contribution in [0.2, 0.25) is 0 Å². The molecule has 0 spiro atoms. The minimum absolute atomic E-state index is 0.730. The molecular formula is C14H15BrN2S2. The van der Waals surface area contributed by atoms with Crippen LogP contribution in [0.1, 0.15) is 10.4 Å². The first-order valence-electron chi connectivity index (χ1n) is 5.87. The van der Waals surface area contributed by atoms with E-state index in [0.29, 0.717) is 0 Å². The van der Waals surface area contributed by atoms with Crippen molar-refractivity contribution >= 4 is 50.3 Å². The molecule has 2 nitrogen and oxygen atoms in total. The minimum Gasteiger partial charge on any atom is -0.347 e. The van der Waals surface area contributed by atoms with Gasteiger partial charge in [-0.15, -0.1) is 11.3 Å². The van der Waals surface area contributed by atoms with Crippen molar-refractivity contribution in [2.24, 2.45) is 0 Å². The van der Waals surface area contributed by atoms with E-state index in [-0.39, 0.29) is 0 Å². The molecule has 1 heterocycles. The molecule has 0 bridgehead atoms. The summed E-state index contributed by atoms with van der Waals surface area (Å²) in [5.41, 5.74) is 2.27. The van der Waals surface area contributed by atoms with Crippen LogP contribution in [0, 0.1) is 6.92 Å². The third-order valence-corrected chi connectivity index (χ3v) is 4.69. The maximum atomic E-state index is 5.41. The number of aryl methyl sites for hydroxylation is 1. The van der Waals surface area contributed by atoms with Crippen LogP contribution in [-0.2, 0) is 6.54 Å². The molecule has 2 rings (SSSR count). The number of hydrogen-bond donors (Lipinski definition) is 1. The highest BCUT2D eigenvalue weighted by atomic mass is 79.9. The van der Waals surface area contributed by atoms with Crippen LogP contribution in [0.3, 0.4) is 0 Å². The van der Waals surface area contributed by atoms with Crippen LogP contribution in [-0.4, -0.2) is 17.1 Å². The van der Waals surface area contributed by atoms with E-state index in [4.69, 9.17) is 12.2 Å². The van der Waals surface area contributed by atoms with E-state index in [1.807, 2.05) is 24.1 Å². The summed E-state index contributed by atoms with van der Waals surface area (Å²) in [4.78, 5) is 3.32. The van der Waals surface area contributed by atoms with Crippen LogP contribution in [0.25, 0.3) is 0 Å². The first kappa shape index (κ1) is 14.5. The van der Waals surface area contributed by atoms with Crippen molar-refractivity contribution in [3.05, 3.63) is 50.6 Å². The molecule has 5 heteroatoms. The average Bonchev–Trinajstić information content (AvgIpc) is 2.77. The van der Waals surface area contributed by atoms with Gasteiger partial charge in [-0.1, -0.05) is 17.7 Å². The Labute approximate surface area is 131 Å². The lowest BCUT2D eigenvalue weighted by atomic mass is 10.2. The molecule has 0 amide bonds. The molecule has 0 saturated heterocycles. The second-order valence-electron chi connectivity index (χ2n) is 4.36. The number of benzene rings is 1. The van der Waals surface area contributed by atoms with Gasteiger partial charge in [-0.2, -0.15) is 0 Å². The molecule has 0 radical (unpaired) electrons. The molecule has 0 aliphatic rings. The topological polar surface area (TPSA) is 15.3 Å². The Morgan fingerprint density at radius 1 is 1.26 bits per heavy atom. The number of rotatable bonds is 3. The largest absolute Gasteiger partial charge is 0.347 e. The van der Waals surface area contributed by atoms with Crippen LogP contribution >= 0.6 is 39.5 Å². The number of thiocarbonyl (C=S) groups is 1. The van der Waals surface area contributed by atoms with Gasteiger partial charge in [-0.25, -0.2) is 0 Å². The highest BCUT2D eigenvalue weighted by molar-refractivity contribution is 9.11. The summed E-state index contributed by atoms with van der Waals surface area (Å²) < 4.78 is 1.15. The summed E-state index contributed by atoms with van der Waals surface area (Å²) in [6.45, 7) is 2.89. The summed E-state index contributed by atoms with van der Waals surface area (Å²) in [7, 11) is 2.00. The molecule has 1 aromatic heterocycles. The van der Waals surface area contributed by atoms with Gasteiger partial charge in [0.2, 0.25) is 0 Å². The van der Waals surface area contributed by atoms with Gasteiger partial charge < -0.3 is 10.2 Å². The molecule has 2 aromatic rings. The second-order valence-corrected chi connectivity index (χ2v) is 7.29. The zero-order valence-corrected chi connectivity index (χ0v) is 14.0. The van der Waals surface area contributed by atoms with Gasteiger partial charge in [-0.3, -0.25) is 0 Å². The summed E-state index contributed by atoms with van der Waals surface area (Å²) in [5.74, 6) is 0. The first-order valence-corrected chi connectivity index (χ1v) is 7.89. The van der Waals surface area contributed by atoms with Gasteiger partial charge in [0.15, 0.2) is 5.11 Å². The number of halogens is 1. The quantitative estimate of drug-likeness (QED) is 0.807. The Morgan fingerprint density at radius 3 is 2.53 bits per heavy atom. The van der Waals surface area contributed by atoms with E-state index in [9.17, 15) is 0 Å². The fourth-order valence-corrected chi connectivity index (χ4v) is 3.32. The average molecular weight is 355 g/mol. The molecule has 1 aromatic carbocycles. The maximum Gasteiger partial charge on any atom is 0.173 e. The van der Waals surface area contributed by atoms with Gasteiger partial charge in [0.05, 0.1) is 10.3 Å². The number of nitrogens with one attached hydrogen (secondary N) is 1. The Morgan fingerprint density at radius 2 is 1.95 bits per heavy atom. The second kappa shape index (κ2) is 6.50. The van der Waals surface area contributed by atoms with E-state index >= 15 is 0 Å². The minimum atomic E-state index is 0.730. The van der Waals surface area contributed by atoms with Crippen molar-refractivity contribution in [2.45, 2.75) is 13.5 Å². The number of nitrogens with zero attached hydrogens (tertiary/aromatic N) is 1. The lowest BCUT2D eigenvalue weighted by molar-refractivity contribution is 0.514. The van der Waals surface area contributed by atoms with Crippen LogP contribution in [0.4, 0.5) is 5.69 Å². The van der Waals surface area contributed by atoms with Gasteiger partial charge in [0, 0.05) is 17.6 Å². The Bertz CT molecular complexity index is 563. The van der Waals surface area contributed by atoms with Gasteiger partial charge in [0.1, 0.15) is 0 Å². The zero-order valence-electron chi connectivity index (χ0n) is 10.8. The van der Waals surface area contributed by atoms with E-state index in [1.54, 1.807) is 11.3 Å².